The Morgan fingerprint density at radius 3 is 2.58 bits per heavy atom. The van der Waals surface area contributed by atoms with Crippen molar-refractivity contribution in [2.45, 2.75) is 32.2 Å². The first-order chi connectivity index (χ1) is 5.68. The highest BCUT2D eigenvalue weighted by Crippen LogP contribution is 2.13. The highest BCUT2D eigenvalue weighted by molar-refractivity contribution is 7.98. The first-order valence-electron chi connectivity index (χ1n) is 4.53. The van der Waals surface area contributed by atoms with Gasteiger partial charge >= 0.3 is 0 Å². The summed E-state index contributed by atoms with van der Waals surface area (Å²) in [4.78, 5) is 0. The van der Waals surface area contributed by atoms with E-state index >= 15 is 0 Å². The largest absolute Gasteiger partial charge is 0.394 e. The molecule has 2 N–H and O–H groups in total. The number of likely N-dealkylation sites (N-methyl/N-ethyl adjacent to an activating group) is 1. The molecule has 3 heteroatoms. The van der Waals surface area contributed by atoms with Gasteiger partial charge in [0.15, 0.2) is 0 Å². The zero-order valence-corrected chi connectivity index (χ0v) is 9.21. The Kier molecular flexibility index (Phi) is 6.90. The highest BCUT2D eigenvalue weighted by atomic mass is 32.2. The van der Waals surface area contributed by atoms with Gasteiger partial charge in [-0.15, -0.1) is 0 Å². The molecule has 0 aliphatic rings. The Labute approximate surface area is 80.1 Å². The third-order valence-corrected chi connectivity index (χ3v) is 2.73. The second-order valence-electron chi connectivity index (χ2n) is 3.35. The van der Waals surface area contributed by atoms with E-state index in [4.69, 9.17) is 5.11 Å². The lowest BCUT2D eigenvalue weighted by molar-refractivity contribution is 0.167. The predicted molar refractivity (Wildman–Crippen MR) is 56.8 cm³/mol. The van der Waals surface area contributed by atoms with Crippen LogP contribution in [0.25, 0.3) is 0 Å². The molecule has 0 radical (unpaired) electrons. The lowest BCUT2D eigenvalue weighted by Crippen LogP contribution is -2.45. The minimum atomic E-state index is -0.0650. The normalized spacial score (nSPS) is 16.0. The second-order valence-corrected chi connectivity index (χ2v) is 4.33. The van der Waals surface area contributed by atoms with Crippen LogP contribution in [0.3, 0.4) is 0 Å². The van der Waals surface area contributed by atoms with Crippen LogP contribution in [0.4, 0.5) is 0 Å². The van der Waals surface area contributed by atoms with E-state index in [9.17, 15) is 0 Å². The number of nitrogens with one attached hydrogen (secondary N) is 1. The molecule has 0 saturated carbocycles. The summed E-state index contributed by atoms with van der Waals surface area (Å²) in [6, 6.07) is 0. The Balaban J connectivity index is 3.63. The maximum Gasteiger partial charge on any atom is 0.0610 e. The minimum absolute atomic E-state index is 0.0650. The molecule has 0 amide bonds. The van der Waals surface area contributed by atoms with E-state index in [1.54, 1.807) is 0 Å². The number of thioether (sulfide) groups is 1. The van der Waals surface area contributed by atoms with E-state index in [1.165, 1.54) is 12.2 Å². The molecular weight excluding hydrogens is 170 g/mol. The van der Waals surface area contributed by atoms with Crippen LogP contribution in [0.15, 0.2) is 0 Å². The number of hydrogen-bond acceptors (Lipinski definition) is 3. The fourth-order valence-electron chi connectivity index (χ4n) is 1.26. The van der Waals surface area contributed by atoms with Crippen LogP contribution in [0.2, 0.25) is 0 Å². The molecule has 0 aliphatic heterocycles. The Morgan fingerprint density at radius 1 is 1.50 bits per heavy atom. The van der Waals surface area contributed by atoms with Gasteiger partial charge < -0.3 is 10.4 Å². The molecule has 1 atom stereocenters. The van der Waals surface area contributed by atoms with Crippen LogP contribution < -0.4 is 5.32 Å². The summed E-state index contributed by atoms with van der Waals surface area (Å²) in [6.07, 6.45) is 4.34. The average molecular weight is 191 g/mol. The predicted octanol–water partition coefficient (Wildman–Crippen LogP) is 1.49. The first kappa shape index (κ1) is 12.3. The third kappa shape index (κ3) is 5.01. The van der Waals surface area contributed by atoms with E-state index in [2.05, 4.69) is 25.4 Å². The van der Waals surface area contributed by atoms with Gasteiger partial charge in [-0.05, 0) is 38.3 Å². The smallest absolute Gasteiger partial charge is 0.0610 e. The summed E-state index contributed by atoms with van der Waals surface area (Å²) < 4.78 is 0. The van der Waals surface area contributed by atoms with Crippen molar-refractivity contribution in [3.8, 4) is 0 Å². The molecule has 0 fully saturated rings. The Bertz CT molecular complexity index is 111. The lowest BCUT2D eigenvalue weighted by Gasteiger charge is -2.28. The zero-order valence-electron chi connectivity index (χ0n) is 8.39. The Hall–Kier alpha value is 0.270. The molecule has 0 aromatic heterocycles. The average Bonchev–Trinajstić information content (AvgIpc) is 2.06. The van der Waals surface area contributed by atoms with Crippen LogP contribution >= 0.6 is 11.8 Å². The summed E-state index contributed by atoms with van der Waals surface area (Å²) in [6.45, 7) is 5.31. The van der Waals surface area contributed by atoms with Gasteiger partial charge in [0, 0.05) is 5.54 Å². The molecule has 0 aromatic rings. The molecule has 0 aliphatic carbocycles. The molecule has 0 bridgehead atoms. The third-order valence-electron chi connectivity index (χ3n) is 2.03. The standard InChI is InChI=1S/C9H21NOS/c1-4-10-9(2,8-11)6-5-7-12-3/h10-11H,4-8H2,1-3H3. The molecule has 0 aromatic carbocycles. The summed E-state index contributed by atoms with van der Waals surface area (Å²) in [5.41, 5.74) is -0.0650. The minimum Gasteiger partial charge on any atom is -0.394 e. The highest BCUT2D eigenvalue weighted by Gasteiger charge is 2.20. The van der Waals surface area contributed by atoms with Crippen molar-refractivity contribution in [3.05, 3.63) is 0 Å². The van der Waals surface area contributed by atoms with Gasteiger partial charge in [-0.3, -0.25) is 0 Å². The maximum absolute atomic E-state index is 9.15. The van der Waals surface area contributed by atoms with Crippen molar-refractivity contribution >= 4 is 11.8 Å². The fourth-order valence-corrected chi connectivity index (χ4v) is 1.69. The van der Waals surface area contributed by atoms with E-state index in [1.807, 2.05) is 11.8 Å². The van der Waals surface area contributed by atoms with Crippen molar-refractivity contribution in [2.75, 3.05) is 25.2 Å². The molecular formula is C9H21NOS. The molecule has 12 heavy (non-hydrogen) atoms. The summed E-state index contributed by atoms with van der Waals surface area (Å²) >= 11 is 1.86. The number of aliphatic hydroxyl groups excluding tert-OH is 1. The quantitative estimate of drug-likeness (QED) is 0.598. The summed E-state index contributed by atoms with van der Waals surface area (Å²) in [5, 5.41) is 12.5. The van der Waals surface area contributed by atoms with Gasteiger partial charge in [-0.25, -0.2) is 0 Å². The van der Waals surface area contributed by atoms with Crippen LogP contribution in [-0.2, 0) is 0 Å². The van der Waals surface area contributed by atoms with Crippen LogP contribution in [-0.4, -0.2) is 35.8 Å². The number of rotatable bonds is 7. The maximum atomic E-state index is 9.15. The van der Waals surface area contributed by atoms with E-state index in [0.29, 0.717) is 0 Å². The molecule has 0 spiro atoms. The molecule has 0 rings (SSSR count). The molecule has 0 heterocycles. The lowest BCUT2D eigenvalue weighted by atomic mass is 9.97. The first-order valence-corrected chi connectivity index (χ1v) is 5.92. The van der Waals surface area contributed by atoms with E-state index < -0.39 is 0 Å². The Morgan fingerprint density at radius 2 is 2.17 bits per heavy atom. The number of hydrogen-bond donors (Lipinski definition) is 2. The van der Waals surface area contributed by atoms with Gasteiger partial charge in [0.05, 0.1) is 6.61 Å². The molecule has 0 saturated heterocycles. The second kappa shape index (κ2) is 6.75. The number of aliphatic hydroxyl groups is 1. The van der Waals surface area contributed by atoms with Crippen LogP contribution in [0.5, 0.6) is 0 Å². The van der Waals surface area contributed by atoms with Crippen molar-refractivity contribution in [1.29, 1.82) is 0 Å². The van der Waals surface area contributed by atoms with E-state index in [-0.39, 0.29) is 12.1 Å². The molecule has 1 unspecified atom stereocenters. The van der Waals surface area contributed by atoms with Crippen molar-refractivity contribution in [2.24, 2.45) is 0 Å². The van der Waals surface area contributed by atoms with Gasteiger partial charge in [-0.1, -0.05) is 6.92 Å². The van der Waals surface area contributed by atoms with Crippen molar-refractivity contribution in [1.82, 2.24) is 5.32 Å². The van der Waals surface area contributed by atoms with Gasteiger partial charge in [-0.2, -0.15) is 11.8 Å². The molecule has 74 valence electrons. The van der Waals surface area contributed by atoms with E-state index in [0.717, 1.165) is 13.0 Å². The fraction of sp³-hybridized carbons (Fsp3) is 1.00. The topological polar surface area (TPSA) is 32.3 Å². The van der Waals surface area contributed by atoms with Gasteiger partial charge in [0.1, 0.15) is 0 Å². The summed E-state index contributed by atoms with van der Waals surface area (Å²) in [5.74, 6) is 1.18. The van der Waals surface area contributed by atoms with Crippen LogP contribution in [0, 0.1) is 0 Å². The van der Waals surface area contributed by atoms with Gasteiger partial charge in [0.2, 0.25) is 0 Å². The summed E-state index contributed by atoms with van der Waals surface area (Å²) in [7, 11) is 0. The van der Waals surface area contributed by atoms with Crippen molar-refractivity contribution in [3.63, 3.8) is 0 Å². The molecule has 2 nitrogen and oxygen atoms in total. The van der Waals surface area contributed by atoms with Gasteiger partial charge in [0.25, 0.3) is 0 Å². The SMILES string of the molecule is CCNC(C)(CO)CCCSC. The zero-order chi connectivity index (χ0) is 9.45. The van der Waals surface area contributed by atoms with Crippen LogP contribution in [0.1, 0.15) is 26.7 Å². The monoisotopic (exact) mass is 191 g/mol. The van der Waals surface area contributed by atoms with Crippen molar-refractivity contribution < 1.29 is 5.11 Å².